The van der Waals surface area contributed by atoms with Gasteiger partial charge < -0.3 is 10.5 Å². The van der Waals surface area contributed by atoms with Crippen molar-refractivity contribution in [1.29, 1.82) is 0 Å². The molecule has 0 aliphatic heterocycles. The van der Waals surface area contributed by atoms with Crippen molar-refractivity contribution in [2.75, 3.05) is 7.11 Å². The Bertz CT molecular complexity index is 528. The normalized spacial score (nSPS) is 29.8. The maximum absolute atomic E-state index is 6.70. The van der Waals surface area contributed by atoms with Crippen molar-refractivity contribution in [1.82, 2.24) is 0 Å². The summed E-state index contributed by atoms with van der Waals surface area (Å²) in [7, 11) is 1.76. The van der Waals surface area contributed by atoms with Crippen LogP contribution in [-0.4, -0.2) is 7.11 Å². The number of ether oxygens (including phenoxy) is 1. The highest BCUT2D eigenvalue weighted by molar-refractivity contribution is 9.10. The summed E-state index contributed by atoms with van der Waals surface area (Å²) in [6, 6.07) is 2.24. The third-order valence-electron chi connectivity index (χ3n) is 5.50. The molecule has 2 fully saturated rings. The summed E-state index contributed by atoms with van der Waals surface area (Å²) < 4.78 is 6.81. The van der Waals surface area contributed by atoms with Crippen LogP contribution in [0.15, 0.2) is 10.5 Å². The molecule has 1 aromatic rings. The number of fused-ring (bicyclic) bond motifs is 2. The highest BCUT2D eigenvalue weighted by Gasteiger charge is 2.43. The van der Waals surface area contributed by atoms with Gasteiger partial charge in [-0.1, -0.05) is 22.4 Å². The SMILES string of the molecule is COc1c(C)cc(Br)c(C)c1C(N)C1CC2CCC1C2. The molecule has 0 saturated heterocycles. The number of nitrogens with two attached hydrogens (primary N) is 1. The van der Waals surface area contributed by atoms with E-state index in [1.54, 1.807) is 7.11 Å². The van der Waals surface area contributed by atoms with Crippen molar-refractivity contribution < 1.29 is 4.74 Å². The minimum Gasteiger partial charge on any atom is -0.496 e. The molecular formula is C17H24BrNO. The average molecular weight is 338 g/mol. The predicted octanol–water partition coefficient (Wildman–Crippen LogP) is 4.51. The summed E-state index contributed by atoms with van der Waals surface area (Å²) in [5, 5.41) is 0. The zero-order valence-electron chi connectivity index (χ0n) is 12.6. The van der Waals surface area contributed by atoms with Gasteiger partial charge in [0.25, 0.3) is 0 Å². The van der Waals surface area contributed by atoms with Crippen molar-refractivity contribution in [3.63, 3.8) is 0 Å². The van der Waals surface area contributed by atoms with E-state index < -0.39 is 0 Å². The first kappa shape index (κ1) is 14.4. The second-order valence-electron chi connectivity index (χ2n) is 6.61. The molecule has 2 bridgehead atoms. The molecule has 20 heavy (non-hydrogen) atoms. The number of halogens is 1. The summed E-state index contributed by atoms with van der Waals surface area (Å²) in [6.07, 6.45) is 5.49. The standard InChI is InChI=1S/C17H24BrNO/c1-9-6-14(18)10(2)15(17(9)20-3)16(19)13-8-11-4-5-12(13)7-11/h6,11-13,16H,4-5,7-8,19H2,1-3H3. The zero-order valence-corrected chi connectivity index (χ0v) is 14.2. The Hall–Kier alpha value is -0.540. The predicted molar refractivity (Wildman–Crippen MR) is 86.0 cm³/mol. The summed E-state index contributed by atoms with van der Waals surface area (Å²) in [5.41, 5.74) is 10.3. The highest BCUT2D eigenvalue weighted by Crippen LogP contribution is 2.53. The van der Waals surface area contributed by atoms with Crippen molar-refractivity contribution in [3.8, 4) is 5.75 Å². The lowest BCUT2D eigenvalue weighted by Gasteiger charge is -2.31. The van der Waals surface area contributed by atoms with Crippen LogP contribution in [0.4, 0.5) is 0 Å². The second-order valence-corrected chi connectivity index (χ2v) is 7.47. The molecule has 0 amide bonds. The number of methoxy groups -OCH3 is 1. The monoisotopic (exact) mass is 337 g/mol. The van der Waals surface area contributed by atoms with Gasteiger partial charge in [-0.05, 0) is 68.1 Å². The quantitative estimate of drug-likeness (QED) is 0.880. The number of hydrogen-bond donors (Lipinski definition) is 1. The summed E-state index contributed by atoms with van der Waals surface area (Å²) in [5.74, 6) is 3.38. The molecule has 1 aromatic carbocycles. The van der Waals surface area contributed by atoms with Crippen LogP contribution >= 0.6 is 15.9 Å². The number of benzene rings is 1. The lowest BCUT2D eigenvalue weighted by atomic mass is 9.79. The third-order valence-corrected chi connectivity index (χ3v) is 6.32. The Balaban J connectivity index is 2.00. The van der Waals surface area contributed by atoms with E-state index in [-0.39, 0.29) is 6.04 Å². The van der Waals surface area contributed by atoms with Crippen LogP contribution in [0.25, 0.3) is 0 Å². The maximum Gasteiger partial charge on any atom is 0.126 e. The van der Waals surface area contributed by atoms with Crippen LogP contribution in [0.5, 0.6) is 5.75 Å². The Morgan fingerprint density at radius 1 is 1.30 bits per heavy atom. The topological polar surface area (TPSA) is 35.2 Å². The molecule has 4 unspecified atom stereocenters. The fraction of sp³-hybridized carbons (Fsp3) is 0.647. The molecule has 2 saturated carbocycles. The highest BCUT2D eigenvalue weighted by atomic mass is 79.9. The van der Waals surface area contributed by atoms with Crippen LogP contribution < -0.4 is 10.5 Å². The summed E-state index contributed by atoms with van der Waals surface area (Å²) in [4.78, 5) is 0. The van der Waals surface area contributed by atoms with E-state index in [4.69, 9.17) is 10.5 Å². The Morgan fingerprint density at radius 2 is 2.05 bits per heavy atom. The van der Waals surface area contributed by atoms with Crippen LogP contribution in [0.3, 0.4) is 0 Å². The van der Waals surface area contributed by atoms with Gasteiger partial charge in [-0.25, -0.2) is 0 Å². The van der Waals surface area contributed by atoms with Crippen molar-refractivity contribution in [2.24, 2.45) is 23.5 Å². The van der Waals surface area contributed by atoms with E-state index in [1.165, 1.54) is 42.4 Å². The van der Waals surface area contributed by atoms with Gasteiger partial charge in [-0.3, -0.25) is 0 Å². The lowest BCUT2D eigenvalue weighted by molar-refractivity contribution is 0.278. The molecule has 3 heteroatoms. The first-order valence-electron chi connectivity index (χ1n) is 7.62. The molecule has 4 atom stereocenters. The van der Waals surface area contributed by atoms with Gasteiger partial charge in [0, 0.05) is 16.1 Å². The zero-order chi connectivity index (χ0) is 14.4. The van der Waals surface area contributed by atoms with Gasteiger partial charge in [-0.2, -0.15) is 0 Å². The van der Waals surface area contributed by atoms with E-state index >= 15 is 0 Å². The third kappa shape index (κ3) is 2.19. The molecular weight excluding hydrogens is 314 g/mol. The molecule has 0 aromatic heterocycles. The summed E-state index contributed by atoms with van der Waals surface area (Å²) in [6.45, 7) is 4.24. The van der Waals surface area contributed by atoms with Crippen LogP contribution in [-0.2, 0) is 0 Å². The molecule has 2 aliphatic rings. The van der Waals surface area contributed by atoms with E-state index in [0.29, 0.717) is 5.92 Å². The molecule has 2 N–H and O–H groups in total. The smallest absolute Gasteiger partial charge is 0.126 e. The Morgan fingerprint density at radius 3 is 2.60 bits per heavy atom. The van der Waals surface area contributed by atoms with Crippen molar-refractivity contribution in [2.45, 2.75) is 45.6 Å². The van der Waals surface area contributed by atoms with Gasteiger partial charge in [0.1, 0.15) is 5.75 Å². The summed E-state index contributed by atoms with van der Waals surface area (Å²) >= 11 is 3.67. The van der Waals surface area contributed by atoms with E-state index in [1.807, 2.05) is 0 Å². The Labute approximate surface area is 130 Å². The fourth-order valence-electron chi connectivity index (χ4n) is 4.50. The van der Waals surface area contributed by atoms with E-state index in [2.05, 4.69) is 35.8 Å². The number of hydrogen-bond acceptors (Lipinski definition) is 2. The van der Waals surface area contributed by atoms with Crippen LogP contribution in [0.1, 0.15) is 48.4 Å². The first-order chi connectivity index (χ1) is 9.52. The second kappa shape index (κ2) is 5.34. The fourth-order valence-corrected chi connectivity index (χ4v) is 5.05. The molecule has 2 aliphatic carbocycles. The first-order valence-corrected chi connectivity index (χ1v) is 8.41. The minimum absolute atomic E-state index is 0.108. The molecule has 0 radical (unpaired) electrons. The van der Waals surface area contributed by atoms with E-state index in [0.717, 1.165) is 22.1 Å². The number of rotatable bonds is 3. The molecule has 0 heterocycles. The van der Waals surface area contributed by atoms with Gasteiger partial charge >= 0.3 is 0 Å². The van der Waals surface area contributed by atoms with Gasteiger partial charge in [0.05, 0.1) is 7.11 Å². The van der Waals surface area contributed by atoms with Gasteiger partial charge in [-0.15, -0.1) is 0 Å². The van der Waals surface area contributed by atoms with Gasteiger partial charge in [0.15, 0.2) is 0 Å². The minimum atomic E-state index is 0.108. The van der Waals surface area contributed by atoms with Crippen molar-refractivity contribution >= 4 is 15.9 Å². The molecule has 0 spiro atoms. The largest absolute Gasteiger partial charge is 0.496 e. The lowest BCUT2D eigenvalue weighted by Crippen LogP contribution is -2.27. The molecule has 2 nitrogen and oxygen atoms in total. The number of aryl methyl sites for hydroxylation is 1. The Kier molecular flexibility index (Phi) is 3.85. The maximum atomic E-state index is 6.70. The molecule has 110 valence electrons. The van der Waals surface area contributed by atoms with E-state index in [9.17, 15) is 0 Å². The van der Waals surface area contributed by atoms with Crippen LogP contribution in [0.2, 0.25) is 0 Å². The molecule has 3 rings (SSSR count). The van der Waals surface area contributed by atoms with Crippen LogP contribution in [0, 0.1) is 31.6 Å². The average Bonchev–Trinajstić information content (AvgIpc) is 3.04. The van der Waals surface area contributed by atoms with Crippen molar-refractivity contribution in [3.05, 3.63) is 27.2 Å². The van der Waals surface area contributed by atoms with Gasteiger partial charge in [0.2, 0.25) is 0 Å².